The summed E-state index contributed by atoms with van der Waals surface area (Å²) in [6.07, 6.45) is 2.17. The van der Waals surface area contributed by atoms with E-state index in [-0.39, 0.29) is 12.4 Å². The van der Waals surface area contributed by atoms with Gasteiger partial charge in [0.25, 0.3) is 0 Å². The van der Waals surface area contributed by atoms with E-state index in [1.54, 1.807) is 0 Å². The van der Waals surface area contributed by atoms with Gasteiger partial charge in [-0.05, 0) is 74.0 Å². The van der Waals surface area contributed by atoms with Crippen molar-refractivity contribution in [1.29, 1.82) is 0 Å². The molecule has 0 amide bonds. The van der Waals surface area contributed by atoms with Crippen LogP contribution in [-0.2, 0) is 0 Å². The Morgan fingerprint density at radius 2 is 1.37 bits per heavy atom. The summed E-state index contributed by atoms with van der Waals surface area (Å²) < 4.78 is 6.05. The Hall–Kier alpha value is -2.53. The van der Waals surface area contributed by atoms with Crippen LogP contribution in [0.4, 0.5) is 0 Å². The molecule has 0 aliphatic carbocycles. The van der Waals surface area contributed by atoms with Crippen molar-refractivity contribution < 1.29 is 9.84 Å². The van der Waals surface area contributed by atoms with E-state index < -0.39 is 0 Å². The Kier molecular flexibility index (Phi) is 10.0. The maximum atomic E-state index is 10.1. The molecule has 0 unspecified atom stereocenters. The molecular formula is C30H39ClN2O2. The minimum absolute atomic E-state index is 0. The Balaban J connectivity index is 0.00000342. The van der Waals surface area contributed by atoms with Crippen molar-refractivity contribution in [1.82, 2.24) is 9.80 Å². The van der Waals surface area contributed by atoms with E-state index in [0.717, 1.165) is 68.0 Å². The molecule has 1 fully saturated rings. The molecule has 3 aromatic carbocycles. The number of phenolic OH excluding ortho intramolecular Hbond substituents is 1. The zero-order chi connectivity index (χ0) is 23.9. The predicted molar refractivity (Wildman–Crippen MR) is 147 cm³/mol. The fourth-order valence-electron chi connectivity index (χ4n) is 4.93. The van der Waals surface area contributed by atoms with Crippen LogP contribution in [0.25, 0.3) is 0 Å². The van der Waals surface area contributed by atoms with Gasteiger partial charge in [-0.3, -0.25) is 4.90 Å². The molecule has 0 radical (unpaired) electrons. The number of nitrogens with zero attached hydrogens (tertiary/aromatic N) is 2. The number of unbranched alkanes of at least 4 members (excludes halogenated alkanes) is 1. The highest BCUT2D eigenvalue weighted by atomic mass is 35.5. The lowest BCUT2D eigenvalue weighted by Crippen LogP contribution is -2.48. The van der Waals surface area contributed by atoms with Crippen LogP contribution in [0.15, 0.2) is 66.7 Å². The molecule has 35 heavy (non-hydrogen) atoms. The smallest absolute Gasteiger partial charge is 0.122 e. The van der Waals surface area contributed by atoms with Crippen LogP contribution in [0.5, 0.6) is 11.5 Å². The summed E-state index contributed by atoms with van der Waals surface area (Å²) in [6, 6.07) is 24.1. The summed E-state index contributed by atoms with van der Waals surface area (Å²) in [5.41, 5.74) is 5.56. The zero-order valence-corrected chi connectivity index (χ0v) is 22.1. The molecule has 1 aliphatic rings. The molecule has 5 heteroatoms. The molecule has 1 N–H and O–H groups in total. The quantitative estimate of drug-likeness (QED) is 0.354. The number of hydrogen-bond donors (Lipinski definition) is 1. The fourth-order valence-corrected chi connectivity index (χ4v) is 4.93. The van der Waals surface area contributed by atoms with E-state index in [9.17, 15) is 5.11 Å². The minimum atomic E-state index is 0. The van der Waals surface area contributed by atoms with E-state index >= 15 is 0 Å². The van der Waals surface area contributed by atoms with Crippen molar-refractivity contribution in [2.45, 2.75) is 39.7 Å². The second-order valence-corrected chi connectivity index (χ2v) is 9.45. The third-order valence-electron chi connectivity index (χ3n) is 7.14. The van der Waals surface area contributed by atoms with Crippen molar-refractivity contribution in [2.75, 3.05) is 39.3 Å². The van der Waals surface area contributed by atoms with Crippen LogP contribution in [0.2, 0.25) is 0 Å². The minimum Gasteiger partial charge on any atom is -0.507 e. The first kappa shape index (κ1) is 27.1. The Bertz CT molecular complexity index is 1010. The molecule has 3 aromatic rings. The van der Waals surface area contributed by atoms with Gasteiger partial charge in [0.05, 0.1) is 12.6 Å². The van der Waals surface area contributed by atoms with Gasteiger partial charge in [-0.25, -0.2) is 0 Å². The van der Waals surface area contributed by atoms with Gasteiger partial charge >= 0.3 is 0 Å². The second kappa shape index (κ2) is 13.0. The van der Waals surface area contributed by atoms with Crippen LogP contribution in [0.1, 0.15) is 46.7 Å². The molecule has 1 aliphatic heterocycles. The van der Waals surface area contributed by atoms with E-state index in [0.29, 0.717) is 18.4 Å². The fraction of sp³-hybridized carbons (Fsp3) is 0.400. The van der Waals surface area contributed by atoms with Gasteiger partial charge in [-0.15, -0.1) is 12.4 Å². The lowest BCUT2D eigenvalue weighted by Gasteiger charge is -2.39. The van der Waals surface area contributed by atoms with Gasteiger partial charge in [0.15, 0.2) is 0 Å². The first-order valence-corrected chi connectivity index (χ1v) is 12.5. The molecule has 0 saturated carbocycles. The Morgan fingerprint density at radius 3 is 1.94 bits per heavy atom. The Morgan fingerprint density at radius 1 is 0.800 bits per heavy atom. The largest absolute Gasteiger partial charge is 0.507 e. The first-order chi connectivity index (χ1) is 16.5. The highest BCUT2D eigenvalue weighted by Gasteiger charge is 2.26. The first-order valence-electron chi connectivity index (χ1n) is 12.5. The molecule has 0 aromatic heterocycles. The van der Waals surface area contributed by atoms with Gasteiger partial charge < -0.3 is 14.7 Å². The van der Waals surface area contributed by atoms with E-state index in [1.807, 2.05) is 26.8 Å². The summed E-state index contributed by atoms with van der Waals surface area (Å²) in [7, 11) is 0. The average Bonchev–Trinajstić information content (AvgIpc) is 2.88. The summed E-state index contributed by atoms with van der Waals surface area (Å²) >= 11 is 0. The SMILES string of the molecule is Cc1cc(OCCCCN2CCN(C(c3ccccc3)c3ccccc3)CC2)c(C)c(C)c1O.Cl. The summed E-state index contributed by atoms with van der Waals surface area (Å²) in [4.78, 5) is 5.21. The van der Waals surface area contributed by atoms with Crippen molar-refractivity contribution in [3.8, 4) is 11.5 Å². The molecule has 4 rings (SSSR count). The standard InChI is InChI=1S/C30H38N2O2.ClH/c1-23-22-28(24(2)25(3)30(23)33)34-21-11-10-16-31-17-19-32(20-18-31)29(26-12-6-4-7-13-26)27-14-8-5-9-15-27;/h4-9,12-15,22,29,33H,10-11,16-21H2,1-3H3;1H. The van der Waals surface area contributed by atoms with Gasteiger partial charge in [0.2, 0.25) is 0 Å². The number of halogens is 1. The van der Waals surface area contributed by atoms with Crippen LogP contribution < -0.4 is 4.74 Å². The Labute approximate surface area is 216 Å². The highest BCUT2D eigenvalue weighted by Crippen LogP contribution is 2.32. The second-order valence-electron chi connectivity index (χ2n) is 9.45. The number of benzene rings is 3. The number of aryl methyl sites for hydroxylation is 1. The van der Waals surface area contributed by atoms with Crippen LogP contribution in [-0.4, -0.2) is 54.2 Å². The highest BCUT2D eigenvalue weighted by molar-refractivity contribution is 5.85. The number of hydrogen-bond acceptors (Lipinski definition) is 4. The molecule has 0 bridgehead atoms. The average molecular weight is 495 g/mol. The van der Waals surface area contributed by atoms with E-state index in [1.165, 1.54) is 11.1 Å². The number of phenols is 1. The van der Waals surface area contributed by atoms with Crippen molar-refractivity contribution in [3.05, 3.63) is 94.5 Å². The number of ether oxygens (including phenoxy) is 1. The summed E-state index contributed by atoms with van der Waals surface area (Å²) in [5, 5.41) is 10.1. The zero-order valence-electron chi connectivity index (χ0n) is 21.2. The monoisotopic (exact) mass is 494 g/mol. The van der Waals surface area contributed by atoms with Gasteiger partial charge in [-0.1, -0.05) is 60.7 Å². The van der Waals surface area contributed by atoms with E-state index in [2.05, 4.69) is 70.5 Å². The van der Waals surface area contributed by atoms with E-state index in [4.69, 9.17) is 4.74 Å². The predicted octanol–water partition coefficient (Wildman–Crippen LogP) is 6.31. The molecule has 0 spiro atoms. The molecule has 1 saturated heterocycles. The molecule has 0 atom stereocenters. The van der Waals surface area contributed by atoms with Gasteiger partial charge in [-0.2, -0.15) is 0 Å². The van der Waals surface area contributed by atoms with Crippen LogP contribution in [0.3, 0.4) is 0 Å². The lowest BCUT2D eigenvalue weighted by molar-refractivity contribution is 0.107. The number of piperazine rings is 1. The maximum absolute atomic E-state index is 10.1. The molecule has 4 nitrogen and oxygen atoms in total. The maximum Gasteiger partial charge on any atom is 0.122 e. The van der Waals surface area contributed by atoms with Gasteiger partial charge in [0.1, 0.15) is 11.5 Å². The third-order valence-corrected chi connectivity index (χ3v) is 7.14. The third kappa shape index (κ3) is 6.78. The van der Waals surface area contributed by atoms with Crippen LogP contribution >= 0.6 is 12.4 Å². The van der Waals surface area contributed by atoms with Crippen molar-refractivity contribution in [3.63, 3.8) is 0 Å². The molecular weight excluding hydrogens is 456 g/mol. The van der Waals surface area contributed by atoms with Crippen molar-refractivity contribution in [2.24, 2.45) is 0 Å². The van der Waals surface area contributed by atoms with Crippen LogP contribution in [0, 0.1) is 20.8 Å². The topological polar surface area (TPSA) is 35.9 Å². The normalized spacial score (nSPS) is 14.6. The summed E-state index contributed by atoms with van der Waals surface area (Å²) in [6.45, 7) is 12.1. The molecule has 188 valence electrons. The van der Waals surface area contributed by atoms with Gasteiger partial charge in [0, 0.05) is 26.2 Å². The number of rotatable bonds is 9. The van der Waals surface area contributed by atoms with Crippen molar-refractivity contribution >= 4 is 12.4 Å². The summed E-state index contributed by atoms with van der Waals surface area (Å²) in [5.74, 6) is 1.28. The molecule has 1 heterocycles. The number of aromatic hydroxyl groups is 1. The lowest BCUT2D eigenvalue weighted by atomic mass is 9.96.